The van der Waals surface area contributed by atoms with Crippen molar-refractivity contribution in [2.45, 2.75) is 11.7 Å². The van der Waals surface area contributed by atoms with E-state index in [1.54, 1.807) is 12.6 Å². The van der Waals surface area contributed by atoms with E-state index < -0.39 is 4.92 Å². The molecule has 0 saturated heterocycles. The standard InChI is InChI=1S/C8H9N5O2S2/c1-12-6(9-3-7(12)13(14)15)2-5(16)8-11-10-4-17-8/h3-5,16H,2H2,1H3. The zero-order valence-corrected chi connectivity index (χ0v) is 10.6. The van der Waals surface area contributed by atoms with Crippen LogP contribution in [-0.4, -0.2) is 24.7 Å². The van der Waals surface area contributed by atoms with Gasteiger partial charge in [0.15, 0.2) is 5.82 Å². The summed E-state index contributed by atoms with van der Waals surface area (Å²) in [5.74, 6) is 0.574. The molecule has 0 amide bonds. The predicted octanol–water partition coefficient (Wildman–Crippen LogP) is 1.39. The van der Waals surface area contributed by atoms with Gasteiger partial charge in [0.2, 0.25) is 0 Å². The van der Waals surface area contributed by atoms with E-state index in [1.807, 2.05) is 0 Å². The fraction of sp³-hybridized carbons (Fsp3) is 0.375. The first-order valence-electron chi connectivity index (χ1n) is 4.68. The lowest BCUT2D eigenvalue weighted by Gasteiger charge is -2.04. The lowest BCUT2D eigenvalue weighted by molar-refractivity contribution is -0.391. The van der Waals surface area contributed by atoms with E-state index in [0.717, 1.165) is 5.01 Å². The van der Waals surface area contributed by atoms with Gasteiger partial charge in [-0.2, -0.15) is 12.6 Å². The van der Waals surface area contributed by atoms with Gasteiger partial charge in [-0.3, -0.25) is 0 Å². The van der Waals surface area contributed by atoms with Gasteiger partial charge in [-0.25, -0.2) is 9.55 Å². The molecule has 0 aliphatic heterocycles. The normalized spacial score (nSPS) is 12.6. The van der Waals surface area contributed by atoms with Gasteiger partial charge < -0.3 is 10.1 Å². The lowest BCUT2D eigenvalue weighted by atomic mass is 10.3. The summed E-state index contributed by atoms with van der Waals surface area (Å²) < 4.78 is 1.45. The molecule has 0 N–H and O–H groups in total. The van der Waals surface area contributed by atoms with Gasteiger partial charge in [-0.15, -0.1) is 21.5 Å². The molecule has 0 aliphatic rings. The van der Waals surface area contributed by atoms with Gasteiger partial charge >= 0.3 is 5.82 Å². The van der Waals surface area contributed by atoms with Crippen molar-refractivity contribution in [1.82, 2.24) is 19.7 Å². The SMILES string of the molecule is Cn1c([N+](=O)[O-])cnc1CC(S)c1nncs1. The van der Waals surface area contributed by atoms with Gasteiger partial charge in [0.1, 0.15) is 16.7 Å². The largest absolute Gasteiger partial charge is 0.358 e. The zero-order chi connectivity index (χ0) is 12.4. The van der Waals surface area contributed by atoms with E-state index in [-0.39, 0.29) is 11.1 Å². The number of hydrogen-bond acceptors (Lipinski definition) is 7. The third-order valence-corrected chi connectivity index (χ3v) is 3.69. The molecule has 0 bridgehead atoms. The molecule has 2 aromatic heterocycles. The minimum absolute atomic E-state index is 0.0298. The molecule has 2 aromatic rings. The molecular formula is C8H9N5O2S2. The van der Waals surface area contributed by atoms with Crippen LogP contribution in [0, 0.1) is 10.1 Å². The van der Waals surface area contributed by atoms with Crippen LogP contribution < -0.4 is 0 Å². The number of nitro groups is 1. The van der Waals surface area contributed by atoms with Crippen LogP contribution in [0.4, 0.5) is 5.82 Å². The van der Waals surface area contributed by atoms with Crippen LogP contribution in [-0.2, 0) is 13.5 Å². The molecule has 0 radical (unpaired) electrons. The second-order valence-electron chi connectivity index (χ2n) is 3.35. The Morgan fingerprint density at radius 1 is 1.71 bits per heavy atom. The molecule has 2 heterocycles. The lowest BCUT2D eigenvalue weighted by Crippen LogP contribution is -2.05. The first-order valence-corrected chi connectivity index (χ1v) is 6.08. The Bertz CT molecular complexity index is 524. The highest BCUT2D eigenvalue weighted by atomic mass is 32.1. The number of hydrogen-bond donors (Lipinski definition) is 1. The Kier molecular flexibility index (Phi) is 3.38. The summed E-state index contributed by atoms with van der Waals surface area (Å²) >= 11 is 5.79. The van der Waals surface area contributed by atoms with E-state index in [0.29, 0.717) is 12.2 Å². The number of nitrogens with zero attached hydrogens (tertiary/aromatic N) is 5. The van der Waals surface area contributed by atoms with Gasteiger partial charge in [-0.05, 0) is 4.92 Å². The molecular weight excluding hydrogens is 262 g/mol. The Labute approximate surface area is 106 Å². The summed E-state index contributed by atoms with van der Waals surface area (Å²) in [7, 11) is 1.61. The number of aromatic nitrogens is 4. The monoisotopic (exact) mass is 271 g/mol. The Morgan fingerprint density at radius 2 is 2.47 bits per heavy atom. The molecule has 2 rings (SSSR count). The highest BCUT2D eigenvalue weighted by Gasteiger charge is 2.20. The highest BCUT2D eigenvalue weighted by Crippen LogP contribution is 2.25. The van der Waals surface area contributed by atoms with Crippen molar-refractivity contribution in [3.05, 3.63) is 32.7 Å². The van der Waals surface area contributed by atoms with E-state index in [1.165, 1.54) is 22.1 Å². The summed E-state index contributed by atoms with van der Waals surface area (Å²) in [5.41, 5.74) is 1.62. The van der Waals surface area contributed by atoms with Crippen molar-refractivity contribution in [2.75, 3.05) is 0 Å². The third kappa shape index (κ3) is 2.44. The quantitative estimate of drug-likeness (QED) is 0.516. The number of thiol groups is 1. The maximum absolute atomic E-state index is 10.7. The summed E-state index contributed by atoms with van der Waals surface area (Å²) in [6.45, 7) is 0. The molecule has 1 atom stereocenters. The van der Waals surface area contributed by atoms with Crippen LogP contribution in [0.2, 0.25) is 0 Å². The second-order valence-corrected chi connectivity index (χ2v) is 4.83. The van der Waals surface area contributed by atoms with Crippen LogP contribution in [0.15, 0.2) is 11.7 Å². The van der Waals surface area contributed by atoms with Crippen LogP contribution in [0.3, 0.4) is 0 Å². The van der Waals surface area contributed by atoms with Crippen LogP contribution >= 0.6 is 24.0 Å². The topological polar surface area (TPSA) is 86.7 Å². The average Bonchev–Trinajstić information content (AvgIpc) is 2.89. The summed E-state index contributed by atoms with van der Waals surface area (Å²) in [4.78, 5) is 14.2. The Hall–Kier alpha value is -1.48. The minimum Gasteiger partial charge on any atom is -0.358 e. The minimum atomic E-state index is -0.463. The third-order valence-electron chi connectivity index (χ3n) is 2.28. The summed E-state index contributed by atoms with van der Waals surface area (Å²) in [6.07, 6.45) is 1.72. The maximum Gasteiger partial charge on any atom is 0.342 e. The molecule has 9 heteroatoms. The Balaban J connectivity index is 2.17. The molecule has 0 aliphatic carbocycles. The first-order chi connectivity index (χ1) is 8.09. The predicted molar refractivity (Wildman–Crippen MR) is 65.2 cm³/mol. The highest BCUT2D eigenvalue weighted by molar-refractivity contribution is 7.80. The Morgan fingerprint density at radius 3 is 3.00 bits per heavy atom. The zero-order valence-electron chi connectivity index (χ0n) is 8.85. The van der Waals surface area contributed by atoms with Crippen molar-refractivity contribution in [1.29, 1.82) is 0 Å². The second kappa shape index (κ2) is 4.80. The first kappa shape index (κ1) is 12.0. The van der Waals surface area contributed by atoms with Gasteiger partial charge in [-0.1, -0.05) is 0 Å². The van der Waals surface area contributed by atoms with Crippen molar-refractivity contribution in [3.8, 4) is 0 Å². The van der Waals surface area contributed by atoms with Gasteiger partial charge in [0, 0.05) is 6.42 Å². The molecule has 7 nitrogen and oxygen atoms in total. The molecule has 0 fully saturated rings. The van der Waals surface area contributed by atoms with Crippen LogP contribution in [0.25, 0.3) is 0 Å². The van der Waals surface area contributed by atoms with Crippen molar-refractivity contribution in [2.24, 2.45) is 7.05 Å². The summed E-state index contributed by atoms with van der Waals surface area (Å²) in [6, 6.07) is 0. The molecule has 17 heavy (non-hydrogen) atoms. The van der Waals surface area contributed by atoms with E-state index >= 15 is 0 Å². The van der Waals surface area contributed by atoms with Crippen molar-refractivity contribution < 1.29 is 4.92 Å². The maximum atomic E-state index is 10.7. The van der Waals surface area contributed by atoms with Crippen molar-refractivity contribution >= 4 is 29.8 Å². The van der Waals surface area contributed by atoms with Crippen LogP contribution in [0.1, 0.15) is 16.1 Å². The average molecular weight is 271 g/mol. The van der Waals surface area contributed by atoms with Gasteiger partial charge in [0.25, 0.3) is 0 Å². The van der Waals surface area contributed by atoms with Gasteiger partial charge in [0.05, 0.1) is 12.3 Å². The summed E-state index contributed by atoms with van der Waals surface area (Å²) in [5, 5.41) is 18.9. The fourth-order valence-electron chi connectivity index (χ4n) is 1.38. The van der Waals surface area contributed by atoms with Crippen LogP contribution in [0.5, 0.6) is 0 Å². The molecule has 0 saturated carbocycles. The van der Waals surface area contributed by atoms with E-state index in [4.69, 9.17) is 0 Å². The number of rotatable bonds is 4. The smallest absolute Gasteiger partial charge is 0.342 e. The molecule has 0 aromatic carbocycles. The molecule has 90 valence electrons. The molecule has 1 unspecified atom stereocenters. The van der Waals surface area contributed by atoms with E-state index in [9.17, 15) is 10.1 Å². The fourth-order valence-corrected chi connectivity index (χ4v) is 2.32. The van der Waals surface area contributed by atoms with Crippen molar-refractivity contribution in [3.63, 3.8) is 0 Å². The molecule has 0 spiro atoms. The van der Waals surface area contributed by atoms with E-state index in [2.05, 4.69) is 27.8 Å². The number of imidazole rings is 1.